The zero-order chi connectivity index (χ0) is 11.8. The highest BCUT2D eigenvalue weighted by atomic mass is 15.0. The maximum absolute atomic E-state index is 4.10. The standard InChI is InChI=1S/C7H10N2.C5H6N2/c1-3-7-8-5-6-9(7)4-2;1-2-7-4-3-6-5-7/h4-6H,2-3H2,1H3;2-5H,1H2. The van der Waals surface area contributed by atoms with Gasteiger partial charge in [-0.15, -0.1) is 0 Å². The van der Waals surface area contributed by atoms with Crippen molar-refractivity contribution in [3.05, 3.63) is 50.1 Å². The smallest absolute Gasteiger partial charge is 0.112 e. The van der Waals surface area contributed by atoms with E-state index in [9.17, 15) is 0 Å². The number of rotatable bonds is 3. The molecular weight excluding hydrogens is 200 g/mol. The van der Waals surface area contributed by atoms with Crippen molar-refractivity contribution in [2.45, 2.75) is 13.3 Å². The Balaban J connectivity index is 0.000000165. The fraction of sp³-hybridized carbons (Fsp3) is 0.167. The van der Waals surface area contributed by atoms with Crippen LogP contribution in [0.5, 0.6) is 0 Å². The molecule has 4 nitrogen and oxygen atoms in total. The van der Waals surface area contributed by atoms with Crippen molar-refractivity contribution >= 4 is 12.4 Å². The predicted octanol–water partition coefficient (Wildman–Crippen LogP) is 2.53. The van der Waals surface area contributed by atoms with Gasteiger partial charge in [0.15, 0.2) is 0 Å². The van der Waals surface area contributed by atoms with Gasteiger partial charge in [0.1, 0.15) is 5.82 Å². The van der Waals surface area contributed by atoms with Crippen LogP contribution in [0.15, 0.2) is 44.3 Å². The van der Waals surface area contributed by atoms with Crippen LogP contribution in [0.1, 0.15) is 12.7 Å². The molecule has 2 aromatic rings. The maximum Gasteiger partial charge on any atom is 0.112 e. The molecule has 0 fully saturated rings. The van der Waals surface area contributed by atoms with Crippen molar-refractivity contribution in [3.63, 3.8) is 0 Å². The van der Waals surface area contributed by atoms with Crippen LogP contribution in [0.4, 0.5) is 0 Å². The summed E-state index contributed by atoms with van der Waals surface area (Å²) in [4.78, 5) is 7.88. The van der Waals surface area contributed by atoms with E-state index in [0.29, 0.717) is 0 Å². The fourth-order valence-electron chi connectivity index (χ4n) is 1.16. The third kappa shape index (κ3) is 3.24. The number of hydrogen-bond acceptors (Lipinski definition) is 2. The Labute approximate surface area is 95.6 Å². The van der Waals surface area contributed by atoms with Gasteiger partial charge in [0, 0.05) is 43.6 Å². The van der Waals surface area contributed by atoms with Gasteiger partial charge in [-0.1, -0.05) is 20.1 Å². The summed E-state index contributed by atoms with van der Waals surface area (Å²) in [5.74, 6) is 1.06. The maximum atomic E-state index is 4.10. The topological polar surface area (TPSA) is 35.6 Å². The molecule has 0 aliphatic heterocycles. The first-order valence-electron chi connectivity index (χ1n) is 5.06. The van der Waals surface area contributed by atoms with Gasteiger partial charge in [0.25, 0.3) is 0 Å². The van der Waals surface area contributed by atoms with Crippen molar-refractivity contribution in [1.29, 1.82) is 0 Å². The summed E-state index contributed by atoms with van der Waals surface area (Å²) in [6, 6.07) is 0. The first-order valence-corrected chi connectivity index (χ1v) is 5.06. The average molecular weight is 216 g/mol. The Hall–Kier alpha value is -2.10. The second-order valence-electron chi connectivity index (χ2n) is 2.98. The second kappa shape index (κ2) is 6.40. The van der Waals surface area contributed by atoms with Crippen LogP contribution in [0.2, 0.25) is 0 Å². The predicted molar refractivity (Wildman–Crippen MR) is 66.6 cm³/mol. The molecule has 0 aliphatic rings. The number of aromatic nitrogens is 4. The van der Waals surface area contributed by atoms with E-state index in [1.54, 1.807) is 35.7 Å². The van der Waals surface area contributed by atoms with Gasteiger partial charge in [-0.05, 0) is 0 Å². The van der Waals surface area contributed by atoms with Crippen LogP contribution < -0.4 is 0 Å². The Bertz CT molecular complexity index is 426. The molecule has 0 bridgehead atoms. The van der Waals surface area contributed by atoms with Crippen LogP contribution >= 0.6 is 0 Å². The molecule has 2 aromatic heterocycles. The Morgan fingerprint density at radius 3 is 2.44 bits per heavy atom. The van der Waals surface area contributed by atoms with E-state index in [1.807, 2.05) is 17.0 Å². The summed E-state index contributed by atoms with van der Waals surface area (Å²) in [6.45, 7) is 9.23. The SMILES string of the molecule is C=Cn1ccnc1.C=Cn1ccnc1CC. The molecule has 0 spiro atoms. The van der Waals surface area contributed by atoms with E-state index in [1.165, 1.54) is 0 Å². The van der Waals surface area contributed by atoms with Gasteiger partial charge in [0.2, 0.25) is 0 Å². The lowest BCUT2D eigenvalue weighted by molar-refractivity contribution is 0.924. The van der Waals surface area contributed by atoms with Crippen molar-refractivity contribution in [2.24, 2.45) is 0 Å². The van der Waals surface area contributed by atoms with Gasteiger partial charge in [-0.2, -0.15) is 0 Å². The Kier molecular flexibility index (Phi) is 4.79. The minimum Gasteiger partial charge on any atom is -0.314 e. The molecule has 0 saturated heterocycles. The molecule has 0 N–H and O–H groups in total. The van der Waals surface area contributed by atoms with Crippen molar-refractivity contribution < 1.29 is 0 Å². The van der Waals surface area contributed by atoms with Crippen LogP contribution in [0, 0.1) is 0 Å². The van der Waals surface area contributed by atoms with Gasteiger partial charge in [0.05, 0.1) is 6.33 Å². The molecule has 16 heavy (non-hydrogen) atoms. The van der Waals surface area contributed by atoms with Crippen LogP contribution in [-0.4, -0.2) is 19.1 Å². The summed E-state index contributed by atoms with van der Waals surface area (Å²) in [7, 11) is 0. The van der Waals surface area contributed by atoms with Crippen molar-refractivity contribution in [3.8, 4) is 0 Å². The van der Waals surface area contributed by atoms with E-state index in [0.717, 1.165) is 12.2 Å². The molecule has 84 valence electrons. The summed E-state index contributed by atoms with van der Waals surface area (Å²) in [5, 5.41) is 0. The fourth-order valence-corrected chi connectivity index (χ4v) is 1.16. The number of imidazole rings is 2. The van der Waals surface area contributed by atoms with Gasteiger partial charge in [-0.3, -0.25) is 0 Å². The molecule has 0 radical (unpaired) electrons. The normalized spacial score (nSPS) is 9.06. The van der Waals surface area contributed by atoms with E-state index in [4.69, 9.17) is 0 Å². The number of nitrogens with zero attached hydrogens (tertiary/aromatic N) is 4. The molecule has 0 atom stereocenters. The minimum absolute atomic E-state index is 0.957. The molecular formula is C12H16N4. The summed E-state index contributed by atoms with van der Waals surface area (Å²) >= 11 is 0. The molecule has 0 aliphatic carbocycles. The molecule has 4 heteroatoms. The van der Waals surface area contributed by atoms with Crippen LogP contribution in [-0.2, 0) is 6.42 Å². The first-order chi connectivity index (χ1) is 7.81. The molecule has 0 amide bonds. The third-order valence-corrected chi connectivity index (χ3v) is 2.00. The highest BCUT2D eigenvalue weighted by Crippen LogP contribution is 1.96. The monoisotopic (exact) mass is 216 g/mol. The number of aryl methyl sites for hydroxylation is 1. The largest absolute Gasteiger partial charge is 0.314 e. The summed E-state index contributed by atoms with van der Waals surface area (Å²) in [6.07, 6.45) is 13.3. The zero-order valence-electron chi connectivity index (χ0n) is 9.45. The molecule has 2 heterocycles. The average Bonchev–Trinajstić information content (AvgIpc) is 3.00. The minimum atomic E-state index is 0.957. The molecule has 0 saturated carbocycles. The summed E-state index contributed by atoms with van der Waals surface area (Å²) in [5.41, 5.74) is 0. The molecule has 0 unspecified atom stereocenters. The van der Waals surface area contributed by atoms with Crippen LogP contribution in [0.3, 0.4) is 0 Å². The van der Waals surface area contributed by atoms with Gasteiger partial charge in [-0.25, -0.2) is 9.97 Å². The van der Waals surface area contributed by atoms with E-state index < -0.39 is 0 Å². The second-order valence-corrected chi connectivity index (χ2v) is 2.98. The molecule has 2 rings (SSSR count). The summed E-state index contributed by atoms with van der Waals surface area (Å²) < 4.78 is 3.69. The Morgan fingerprint density at radius 1 is 1.25 bits per heavy atom. The number of hydrogen-bond donors (Lipinski definition) is 0. The van der Waals surface area contributed by atoms with Crippen molar-refractivity contribution in [2.75, 3.05) is 0 Å². The lowest BCUT2D eigenvalue weighted by Crippen LogP contribution is -1.91. The highest BCUT2D eigenvalue weighted by molar-refractivity contribution is 5.19. The van der Waals surface area contributed by atoms with E-state index in [-0.39, 0.29) is 0 Å². The zero-order valence-corrected chi connectivity index (χ0v) is 9.45. The van der Waals surface area contributed by atoms with Gasteiger partial charge < -0.3 is 9.13 Å². The van der Waals surface area contributed by atoms with E-state index >= 15 is 0 Å². The van der Waals surface area contributed by atoms with Gasteiger partial charge >= 0.3 is 0 Å². The quantitative estimate of drug-likeness (QED) is 0.790. The lowest BCUT2D eigenvalue weighted by Gasteiger charge is -1.94. The van der Waals surface area contributed by atoms with Crippen LogP contribution in [0.25, 0.3) is 12.4 Å². The third-order valence-electron chi connectivity index (χ3n) is 2.00. The van der Waals surface area contributed by atoms with Crippen molar-refractivity contribution in [1.82, 2.24) is 19.1 Å². The Morgan fingerprint density at radius 2 is 2.06 bits per heavy atom. The lowest BCUT2D eigenvalue weighted by atomic mass is 10.5. The highest BCUT2D eigenvalue weighted by Gasteiger charge is 1.92. The van der Waals surface area contributed by atoms with E-state index in [2.05, 4.69) is 30.0 Å². The molecule has 0 aromatic carbocycles. The first kappa shape index (κ1) is 12.0.